The Morgan fingerprint density at radius 1 is 0.500 bits per heavy atom. The molecule has 0 atom stereocenters. The van der Waals surface area contributed by atoms with Gasteiger partial charge in [-0.2, -0.15) is 0 Å². The van der Waals surface area contributed by atoms with E-state index in [2.05, 4.69) is 29.6 Å². The summed E-state index contributed by atoms with van der Waals surface area (Å²) in [5, 5.41) is 8.47. The van der Waals surface area contributed by atoms with Crippen molar-refractivity contribution in [2.75, 3.05) is 13.2 Å². The summed E-state index contributed by atoms with van der Waals surface area (Å²) in [5.74, 6) is -1.56. The highest BCUT2D eigenvalue weighted by atomic mass is 17.5. The van der Waals surface area contributed by atoms with Crippen molar-refractivity contribution < 1.29 is 58.3 Å². The second kappa shape index (κ2) is 19.1. The molecule has 0 aliphatic heterocycles. The quantitative estimate of drug-likeness (QED) is 0.0805. The first-order chi connectivity index (χ1) is 20.2. The highest BCUT2D eigenvalue weighted by Crippen LogP contribution is 2.14. The van der Waals surface area contributed by atoms with Crippen molar-refractivity contribution in [3.8, 4) is 0 Å². The normalized spacial score (nSPS) is 10.5. The van der Waals surface area contributed by atoms with Gasteiger partial charge < -0.3 is 9.47 Å². The van der Waals surface area contributed by atoms with Crippen LogP contribution in [-0.2, 0) is 39.1 Å². The predicted molar refractivity (Wildman–Crippen MR) is 147 cm³/mol. The molecule has 2 aromatic carbocycles. The van der Waals surface area contributed by atoms with Crippen molar-refractivity contribution in [3.05, 3.63) is 69.8 Å². The van der Waals surface area contributed by atoms with Crippen LogP contribution in [0.4, 0.5) is 9.59 Å². The van der Waals surface area contributed by atoms with Gasteiger partial charge in [-0.05, 0) is 63.8 Å². The van der Waals surface area contributed by atoms with Crippen LogP contribution in [0, 0.1) is 27.7 Å². The Hall–Kier alpha value is -4.16. The standard InChI is InChI=1S/C30H38O12/c1-21-13-15-23(3)25(19-21)27(31)37-41-39-29(33)35-17-11-9-7-5-6-8-10-12-18-36-30(34)40-42-38-28(32)26-20-22(2)14-16-24(26)4/h13-16,19-20H,5-12,17-18H2,1-4H3. The number of hydrogen-bond acceptors (Lipinski definition) is 12. The molecule has 230 valence electrons. The average molecular weight is 591 g/mol. The Morgan fingerprint density at radius 3 is 1.24 bits per heavy atom. The van der Waals surface area contributed by atoms with Gasteiger partial charge in [0.1, 0.15) is 0 Å². The third kappa shape index (κ3) is 13.5. The number of aryl methyl sites for hydroxylation is 4. The third-order valence-electron chi connectivity index (χ3n) is 6.13. The van der Waals surface area contributed by atoms with E-state index in [0.717, 1.165) is 49.7 Å². The molecule has 0 radical (unpaired) electrons. The molecule has 0 N–H and O–H groups in total. The molecule has 0 aromatic heterocycles. The Kier molecular flexibility index (Phi) is 15.4. The van der Waals surface area contributed by atoms with Crippen LogP contribution in [0.5, 0.6) is 0 Å². The largest absolute Gasteiger partial charge is 0.543 e. The molecular weight excluding hydrogens is 552 g/mol. The summed E-state index contributed by atoms with van der Waals surface area (Å²) >= 11 is 0. The molecule has 2 rings (SSSR count). The van der Waals surface area contributed by atoms with Crippen LogP contribution in [0.25, 0.3) is 0 Å². The average Bonchev–Trinajstić information content (AvgIpc) is 2.96. The van der Waals surface area contributed by atoms with E-state index in [1.165, 1.54) is 0 Å². The van der Waals surface area contributed by atoms with E-state index in [0.29, 0.717) is 35.1 Å². The molecule has 0 spiro atoms. The Labute approximate surface area is 244 Å². The molecule has 2 aromatic rings. The zero-order valence-corrected chi connectivity index (χ0v) is 24.4. The van der Waals surface area contributed by atoms with Gasteiger partial charge in [0.25, 0.3) is 0 Å². The number of unbranched alkanes of at least 4 members (excludes halogenated alkanes) is 7. The minimum atomic E-state index is -1.10. The number of rotatable bonds is 17. The maximum absolute atomic E-state index is 12.0. The summed E-state index contributed by atoms with van der Waals surface area (Å²) in [7, 11) is 0. The highest BCUT2D eigenvalue weighted by Gasteiger charge is 2.16. The molecule has 0 aliphatic carbocycles. The molecule has 42 heavy (non-hydrogen) atoms. The zero-order chi connectivity index (χ0) is 30.7. The van der Waals surface area contributed by atoms with Crippen molar-refractivity contribution in [2.45, 2.75) is 79.1 Å². The first-order valence-corrected chi connectivity index (χ1v) is 13.8. The molecule has 0 bridgehead atoms. The zero-order valence-electron chi connectivity index (χ0n) is 24.4. The lowest BCUT2D eigenvalue weighted by Crippen LogP contribution is -2.13. The molecule has 0 unspecified atom stereocenters. The molecular formula is C30H38O12. The smallest absolute Gasteiger partial charge is 0.432 e. The number of ether oxygens (including phenoxy) is 2. The SMILES string of the molecule is Cc1ccc(C)c(C(=O)OOOC(=O)OCCCCCCCCCCOC(=O)OOOC(=O)c2cc(C)ccc2C)c1. The lowest BCUT2D eigenvalue weighted by atomic mass is 10.1. The second-order valence-corrected chi connectivity index (χ2v) is 9.71. The van der Waals surface area contributed by atoms with E-state index >= 15 is 0 Å². The van der Waals surface area contributed by atoms with E-state index in [9.17, 15) is 19.2 Å². The van der Waals surface area contributed by atoms with Crippen LogP contribution in [0.1, 0.15) is 94.3 Å². The molecule has 0 amide bonds. The van der Waals surface area contributed by atoms with Gasteiger partial charge in [-0.15, -0.1) is 0 Å². The summed E-state index contributed by atoms with van der Waals surface area (Å²) in [6, 6.07) is 10.5. The molecule has 12 heteroatoms. The van der Waals surface area contributed by atoms with Crippen LogP contribution in [-0.4, -0.2) is 37.5 Å². The fourth-order valence-corrected chi connectivity index (χ4v) is 3.78. The summed E-state index contributed by atoms with van der Waals surface area (Å²) < 4.78 is 9.73. The Balaban J connectivity index is 1.37. The fourth-order valence-electron chi connectivity index (χ4n) is 3.78. The second-order valence-electron chi connectivity index (χ2n) is 9.71. The van der Waals surface area contributed by atoms with Crippen LogP contribution in [0.15, 0.2) is 36.4 Å². The fraction of sp³-hybridized carbons (Fsp3) is 0.467. The van der Waals surface area contributed by atoms with Crippen molar-refractivity contribution >= 4 is 24.2 Å². The van der Waals surface area contributed by atoms with E-state index < -0.39 is 24.2 Å². The van der Waals surface area contributed by atoms with Crippen LogP contribution >= 0.6 is 0 Å². The number of hydrogen-bond donors (Lipinski definition) is 0. The van der Waals surface area contributed by atoms with E-state index in [1.807, 2.05) is 26.0 Å². The summed E-state index contributed by atoms with van der Waals surface area (Å²) in [5.41, 5.74) is 3.76. The minimum Gasteiger partial charge on any atom is -0.432 e. The van der Waals surface area contributed by atoms with E-state index in [4.69, 9.17) is 9.47 Å². The van der Waals surface area contributed by atoms with E-state index in [1.54, 1.807) is 38.1 Å². The molecule has 0 saturated heterocycles. The number of carbonyl (C=O) groups is 4. The number of carbonyl (C=O) groups excluding carboxylic acids is 4. The summed E-state index contributed by atoms with van der Waals surface area (Å²) in [6.07, 6.45) is 4.75. The first-order valence-electron chi connectivity index (χ1n) is 13.8. The van der Waals surface area contributed by atoms with Crippen molar-refractivity contribution in [2.24, 2.45) is 0 Å². The van der Waals surface area contributed by atoms with Gasteiger partial charge in [0.15, 0.2) is 0 Å². The molecule has 0 fully saturated rings. The predicted octanol–water partition coefficient (Wildman–Crippen LogP) is 7.05. The topological polar surface area (TPSA) is 142 Å². The van der Waals surface area contributed by atoms with Crippen molar-refractivity contribution in [3.63, 3.8) is 0 Å². The van der Waals surface area contributed by atoms with Gasteiger partial charge in [-0.25, -0.2) is 29.0 Å². The lowest BCUT2D eigenvalue weighted by molar-refractivity contribution is -0.452. The van der Waals surface area contributed by atoms with E-state index in [-0.39, 0.29) is 13.2 Å². The van der Waals surface area contributed by atoms with Gasteiger partial charge >= 0.3 is 24.2 Å². The number of benzene rings is 2. The maximum atomic E-state index is 12.0. The molecule has 0 heterocycles. The molecule has 0 saturated carbocycles. The maximum Gasteiger partial charge on any atom is 0.543 e. The van der Waals surface area contributed by atoms with Crippen LogP contribution in [0.3, 0.4) is 0 Å². The molecule has 12 nitrogen and oxygen atoms in total. The Bertz CT molecular complexity index is 1090. The lowest BCUT2D eigenvalue weighted by Gasteiger charge is -2.07. The third-order valence-corrected chi connectivity index (χ3v) is 6.13. The molecule has 0 aliphatic rings. The van der Waals surface area contributed by atoms with Crippen molar-refractivity contribution in [1.29, 1.82) is 0 Å². The van der Waals surface area contributed by atoms with Crippen molar-refractivity contribution in [1.82, 2.24) is 0 Å². The highest BCUT2D eigenvalue weighted by molar-refractivity contribution is 5.91. The van der Waals surface area contributed by atoms with Gasteiger partial charge in [0.05, 0.1) is 34.4 Å². The summed E-state index contributed by atoms with van der Waals surface area (Å²) in [6.45, 7) is 7.46. The van der Waals surface area contributed by atoms with Crippen LogP contribution in [0.2, 0.25) is 0 Å². The summed E-state index contributed by atoms with van der Waals surface area (Å²) in [4.78, 5) is 64.5. The van der Waals surface area contributed by atoms with Gasteiger partial charge in [0.2, 0.25) is 0 Å². The van der Waals surface area contributed by atoms with Gasteiger partial charge in [-0.1, -0.05) is 73.9 Å². The van der Waals surface area contributed by atoms with Crippen LogP contribution < -0.4 is 0 Å². The Morgan fingerprint density at radius 2 is 0.857 bits per heavy atom. The first kappa shape index (κ1) is 34.0. The van der Waals surface area contributed by atoms with Gasteiger partial charge in [-0.3, -0.25) is 9.78 Å². The minimum absolute atomic E-state index is 0.148. The monoisotopic (exact) mass is 590 g/mol. The van der Waals surface area contributed by atoms with Gasteiger partial charge in [0, 0.05) is 0 Å².